The molecule has 0 bridgehead atoms. The number of nitrogens with zero attached hydrogens (tertiary/aromatic N) is 1. The third-order valence-corrected chi connectivity index (χ3v) is 5.93. The van der Waals surface area contributed by atoms with Crippen molar-refractivity contribution < 1.29 is 14.8 Å². The van der Waals surface area contributed by atoms with Crippen LogP contribution in [0.25, 0.3) is 10.9 Å². The first-order valence-electron chi connectivity index (χ1n) is 9.56. The van der Waals surface area contributed by atoms with Gasteiger partial charge in [-0.2, -0.15) is 0 Å². The Morgan fingerprint density at radius 1 is 1.00 bits per heavy atom. The normalized spacial score (nSPS) is 11.0. The number of hydrogen-bond donors (Lipinski definition) is 3. The maximum Gasteiger partial charge on any atom is 0.353 e. The summed E-state index contributed by atoms with van der Waals surface area (Å²) in [4.78, 5) is 26.8. The monoisotopic (exact) mass is 433 g/mol. The van der Waals surface area contributed by atoms with Gasteiger partial charge in [-0.15, -0.1) is 0 Å². The summed E-state index contributed by atoms with van der Waals surface area (Å²) < 4.78 is 0. The molecule has 0 saturated carbocycles. The number of H-pyrrole nitrogens is 1. The molecule has 0 saturated heterocycles. The Morgan fingerprint density at radius 2 is 1.68 bits per heavy atom. The number of carboxylic acid groups (broad SMARTS) is 1. The summed E-state index contributed by atoms with van der Waals surface area (Å²) in [7, 11) is 0. The molecule has 7 nitrogen and oxygen atoms in total. The van der Waals surface area contributed by atoms with E-state index in [0.717, 1.165) is 26.9 Å². The van der Waals surface area contributed by atoms with Crippen LogP contribution in [0.3, 0.4) is 0 Å². The van der Waals surface area contributed by atoms with Gasteiger partial charge in [0.15, 0.2) is 0 Å². The first-order chi connectivity index (χ1) is 15.0. The quantitative estimate of drug-likeness (QED) is 0.260. The summed E-state index contributed by atoms with van der Waals surface area (Å²) in [6.45, 7) is 1.14. The molecule has 156 valence electrons. The van der Waals surface area contributed by atoms with Gasteiger partial charge in [-0.05, 0) is 29.3 Å². The van der Waals surface area contributed by atoms with Crippen molar-refractivity contribution in [3.63, 3.8) is 0 Å². The second-order valence-electron chi connectivity index (χ2n) is 6.96. The topological polar surface area (TPSA) is 108 Å². The van der Waals surface area contributed by atoms with Gasteiger partial charge in [-0.3, -0.25) is 10.1 Å². The number of aromatic carboxylic acids is 1. The molecule has 8 heteroatoms. The number of nitrogens with one attached hydrogen (secondary N) is 2. The molecule has 3 aromatic carbocycles. The van der Waals surface area contributed by atoms with E-state index < -0.39 is 10.9 Å². The molecule has 0 unspecified atom stereocenters. The highest BCUT2D eigenvalue weighted by molar-refractivity contribution is 7.99. The summed E-state index contributed by atoms with van der Waals surface area (Å²) in [5.41, 5.74) is 2.97. The lowest BCUT2D eigenvalue weighted by molar-refractivity contribution is -0.384. The molecule has 4 aromatic rings. The number of nitro groups is 1. The molecule has 0 radical (unpaired) electrons. The summed E-state index contributed by atoms with van der Waals surface area (Å²) in [5, 5.41) is 24.5. The van der Waals surface area contributed by atoms with Gasteiger partial charge in [0.05, 0.1) is 9.82 Å². The molecule has 1 aromatic heterocycles. The van der Waals surface area contributed by atoms with Gasteiger partial charge >= 0.3 is 5.97 Å². The van der Waals surface area contributed by atoms with Gasteiger partial charge in [0, 0.05) is 41.0 Å². The van der Waals surface area contributed by atoms with Crippen molar-refractivity contribution in [2.45, 2.75) is 22.9 Å². The number of benzene rings is 3. The van der Waals surface area contributed by atoms with E-state index in [9.17, 15) is 20.0 Å². The van der Waals surface area contributed by atoms with E-state index in [0.29, 0.717) is 18.0 Å². The van der Waals surface area contributed by atoms with Crippen molar-refractivity contribution in [2.75, 3.05) is 0 Å². The SMILES string of the molecule is O=C(O)c1[nH]c2cc(CNCc3ccc([N+](=O)[O-])cc3)ccc2c1Sc1ccccc1. The fourth-order valence-corrected chi connectivity index (χ4v) is 4.34. The van der Waals surface area contributed by atoms with Crippen LogP contribution in [-0.2, 0) is 13.1 Å². The Bertz CT molecular complexity index is 1240. The maximum absolute atomic E-state index is 11.8. The Morgan fingerprint density at radius 3 is 2.35 bits per heavy atom. The van der Waals surface area contributed by atoms with Crippen molar-refractivity contribution in [1.82, 2.24) is 10.3 Å². The number of aromatic nitrogens is 1. The smallest absolute Gasteiger partial charge is 0.353 e. The number of carboxylic acids is 1. The molecule has 0 atom stereocenters. The highest BCUT2D eigenvalue weighted by atomic mass is 32.2. The Kier molecular flexibility index (Phi) is 6.01. The van der Waals surface area contributed by atoms with E-state index in [4.69, 9.17) is 0 Å². The van der Waals surface area contributed by atoms with Crippen LogP contribution >= 0.6 is 11.8 Å². The lowest BCUT2D eigenvalue weighted by atomic mass is 10.1. The summed E-state index contributed by atoms with van der Waals surface area (Å²) in [6, 6.07) is 22.0. The minimum atomic E-state index is -0.993. The highest BCUT2D eigenvalue weighted by Gasteiger charge is 2.18. The van der Waals surface area contributed by atoms with Gasteiger partial charge in [0.25, 0.3) is 5.69 Å². The van der Waals surface area contributed by atoms with E-state index in [1.54, 1.807) is 12.1 Å². The van der Waals surface area contributed by atoms with Gasteiger partial charge in [-0.1, -0.05) is 54.2 Å². The van der Waals surface area contributed by atoms with Crippen molar-refractivity contribution in [2.24, 2.45) is 0 Å². The average Bonchev–Trinajstić information content (AvgIpc) is 3.13. The van der Waals surface area contributed by atoms with Crippen LogP contribution < -0.4 is 5.32 Å². The van der Waals surface area contributed by atoms with Crippen LogP contribution in [0.1, 0.15) is 21.6 Å². The second-order valence-corrected chi connectivity index (χ2v) is 8.04. The van der Waals surface area contributed by atoms with Crippen LogP contribution in [0, 0.1) is 10.1 Å². The molecule has 0 amide bonds. The molecule has 4 rings (SSSR count). The van der Waals surface area contributed by atoms with Crippen LogP contribution in [0.5, 0.6) is 0 Å². The molecule has 0 spiro atoms. The van der Waals surface area contributed by atoms with E-state index >= 15 is 0 Å². The fourth-order valence-electron chi connectivity index (χ4n) is 3.28. The maximum atomic E-state index is 11.8. The second kappa shape index (κ2) is 9.03. The van der Waals surface area contributed by atoms with E-state index in [1.807, 2.05) is 48.5 Å². The Labute approximate surface area is 182 Å². The molecule has 0 aliphatic carbocycles. The highest BCUT2D eigenvalue weighted by Crippen LogP contribution is 2.37. The van der Waals surface area contributed by atoms with Gasteiger partial charge in [-0.25, -0.2) is 4.79 Å². The number of carbonyl (C=O) groups is 1. The zero-order valence-electron chi connectivity index (χ0n) is 16.4. The van der Waals surface area contributed by atoms with Gasteiger partial charge in [0.1, 0.15) is 5.69 Å². The van der Waals surface area contributed by atoms with Crippen molar-refractivity contribution in [3.05, 3.63) is 99.7 Å². The Balaban J connectivity index is 1.50. The number of nitro benzene ring substituents is 1. The van der Waals surface area contributed by atoms with E-state index in [2.05, 4.69) is 10.3 Å². The molecule has 0 fully saturated rings. The van der Waals surface area contributed by atoms with Crippen LogP contribution in [0.15, 0.2) is 82.6 Å². The summed E-state index contributed by atoms with van der Waals surface area (Å²) >= 11 is 1.43. The first kappa shape index (κ1) is 20.6. The largest absolute Gasteiger partial charge is 0.477 e. The van der Waals surface area contributed by atoms with Gasteiger partial charge in [0.2, 0.25) is 0 Å². The minimum absolute atomic E-state index is 0.0688. The number of hydrogen-bond acceptors (Lipinski definition) is 5. The third kappa shape index (κ3) is 4.76. The lowest BCUT2D eigenvalue weighted by Gasteiger charge is -2.06. The van der Waals surface area contributed by atoms with Crippen molar-refractivity contribution in [1.29, 1.82) is 0 Å². The molecule has 1 heterocycles. The molecule has 3 N–H and O–H groups in total. The molecule has 0 aliphatic rings. The molecular formula is C23H19N3O4S. The summed E-state index contributed by atoms with van der Waals surface area (Å²) in [5.74, 6) is -0.993. The number of fused-ring (bicyclic) bond motifs is 1. The van der Waals surface area contributed by atoms with E-state index in [1.165, 1.54) is 23.9 Å². The van der Waals surface area contributed by atoms with Crippen LogP contribution in [0.2, 0.25) is 0 Å². The van der Waals surface area contributed by atoms with Gasteiger partial charge < -0.3 is 15.4 Å². The standard InChI is InChI=1S/C23H19N3O4S/c27-23(28)21-22(31-18-4-2-1-3-5-18)19-11-8-16(12-20(19)25-21)14-24-13-15-6-9-17(10-7-15)26(29)30/h1-12,24-25H,13-14H2,(H,27,28). The minimum Gasteiger partial charge on any atom is -0.477 e. The zero-order valence-corrected chi connectivity index (χ0v) is 17.2. The fraction of sp³-hybridized carbons (Fsp3) is 0.0870. The molecule has 31 heavy (non-hydrogen) atoms. The molecular weight excluding hydrogens is 414 g/mol. The number of rotatable bonds is 8. The van der Waals surface area contributed by atoms with Crippen molar-refractivity contribution in [3.8, 4) is 0 Å². The van der Waals surface area contributed by atoms with Crippen LogP contribution in [-0.4, -0.2) is 21.0 Å². The number of non-ortho nitro benzene ring substituents is 1. The predicted octanol–water partition coefficient (Wildman–Crippen LogP) is 5.22. The number of aromatic amines is 1. The molecule has 0 aliphatic heterocycles. The predicted molar refractivity (Wildman–Crippen MR) is 119 cm³/mol. The van der Waals surface area contributed by atoms with Crippen LogP contribution in [0.4, 0.5) is 5.69 Å². The zero-order chi connectivity index (χ0) is 21.8. The van der Waals surface area contributed by atoms with Crippen molar-refractivity contribution >= 4 is 34.3 Å². The Hall–Kier alpha value is -3.62. The van der Waals surface area contributed by atoms with E-state index in [-0.39, 0.29) is 11.4 Å². The average molecular weight is 433 g/mol. The lowest BCUT2D eigenvalue weighted by Crippen LogP contribution is -2.12. The summed E-state index contributed by atoms with van der Waals surface area (Å²) in [6.07, 6.45) is 0. The third-order valence-electron chi connectivity index (χ3n) is 4.80. The first-order valence-corrected chi connectivity index (χ1v) is 10.4.